The topological polar surface area (TPSA) is 40.5 Å². The summed E-state index contributed by atoms with van der Waals surface area (Å²) >= 11 is 0. The van der Waals surface area contributed by atoms with Crippen LogP contribution in [-0.4, -0.2) is 35.8 Å². The fraction of sp³-hybridized carbons (Fsp3) is 0.500. The summed E-state index contributed by atoms with van der Waals surface area (Å²) < 4.78 is 0. The van der Waals surface area contributed by atoms with Crippen LogP contribution in [0.25, 0.3) is 0 Å². The maximum Gasteiger partial charge on any atom is 0.376 e. The number of hydrogen-bond acceptors (Lipinski definition) is 3. The Kier molecular flexibility index (Phi) is 2.79. The van der Waals surface area contributed by atoms with E-state index in [0.29, 0.717) is 6.42 Å². The summed E-state index contributed by atoms with van der Waals surface area (Å²) in [5, 5.41) is 9.61. The molecule has 0 atom stereocenters. The maximum atomic E-state index is 12.1. The van der Waals surface area contributed by atoms with Crippen molar-refractivity contribution in [3.05, 3.63) is 35.4 Å². The van der Waals surface area contributed by atoms with Crippen molar-refractivity contribution in [2.45, 2.75) is 31.5 Å². The monoisotopic (exact) mass is 243 g/mol. The van der Waals surface area contributed by atoms with Gasteiger partial charge in [-0.05, 0) is 38.3 Å². The lowest BCUT2D eigenvalue weighted by Crippen LogP contribution is -2.47. The summed E-state index contributed by atoms with van der Waals surface area (Å²) in [6, 6.07) is 8.03. The molecule has 3 rings (SSSR count). The number of carbonyl (C=O) groups is 1. The van der Waals surface area contributed by atoms with Crippen LogP contribution < -0.4 is 0 Å². The summed E-state index contributed by atoms with van der Waals surface area (Å²) in [6.45, 7) is 3.56. The zero-order valence-corrected chi connectivity index (χ0v) is 10.7. The molecule has 1 heterocycles. The van der Waals surface area contributed by atoms with Crippen LogP contribution in [0, 0.1) is 0 Å². The van der Waals surface area contributed by atoms with Gasteiger partial charge in [0.2, 0.25) is 0 Å². The molecule has 3 nitrogen and oxygen atoms in total. The molecule has 0 amide bonds. The van der Waals surface area contributed by atoms with E-state index in [4.69, 9.17) is 0 Å². The van der Waals surface area contributed by atoms with Gasteiger partial charge >= 0.3 is 7.05 Å². The Morgan fingerprint density at radius 1 is 1.28 bits per heavy atom. The molecule has 0 radical (unpaired) electrons. The van der Waals surface area contributed by atoms with Crippen LogP contribution in [0.1, 0.15) is 35.2 Å². The Balaban J connectivity index is 1.89. The van der Waals surface area contributed by atoms with Crippen molar-refractivity contribution in [1.29, 1.82) is 0 Å². The second kappa shape index (κ2) is 4.21. The number of benzene rings is 1. The molecule has 4 heteroatoms. The maximum absolute atomic E-state index is 12.1. The summed E-state index contributed by atoms with van der Waals surface area (Å²) in [4.78, 5) is 14.2. The average Bonchev–Trinajstić information content (AvgIpc) is 2.64. The van der Waals surface area contributed by atoms with Gasteiger partial charge in [-0.3, -0.25) is 4.79 Å². The van der Waals surface area contributed by atoms with Gasteiger partial charge in [-0.2, -0.15) is 0 Å². The number of nitrogens with zero attached hydrogens (tertiary/aromatic N) is 1. The molecule has 1 aromatic rings. The Bertz CT molecular complexity index is 478. The molecule has 1 spiro atoms. The van der Waals surface area contributed by atoms with Crippen LogP contribution in [0.2, 0.25) is 6.82 Å². The molecule has 1 fully saturated rings. The molecule has 2 aliphatic rings. The van der Waals surface area contributed by atoms with Gasteiger partial charge in [0.05, 0.1) is 0 Å². The van der Waals surface area contributed by atoms with E-state index < -0.39 is 0 Å². The predicted octanol–water partition coefficient (Wildman–Crippen LogP) is 1.72. The molecule has 0 unspecified atom stereocenters. The van der Waals surface area contributed by atoms with Gasteiger partial charge in [-0.15, -0.1) is 0 Å². The van der Waals surface area contributed by atoms with Crippen molar-refractivity contribution in [1.82, 2.24) is 4.81 Å². The smallest absolute Gasteiger partial charge is 0.376 e. The van der Waals surface area contributed by atoms with Crippen molar-refractivity contribution in [2.24, 2.45) is 0 Å². The second-order valence-corrected chi connectivity index (χ2v) is 5.59. The van der Waals surface area contributed by atoms with Crippen molar-refractivity contribution in [3.63, 3.8) is 0 Å². The van der Waals surface area contributed by atoms with E-state index in [1.165, 1.54) is 5.56 Å². The number of hydrogen-bond donors (Lipinski definition) is 1. The molecule has 1 saturated heterocycles. The number of rotatable bonds is 1. The van der Waals surface area contributed by atoms with Crippen molar-refractivity contribution < 1.29 is 9.82 Å². The minimum absolute atomic E-state index is 0.0407. The largest absolute Gasteiger partial charge is 0.437 e. The van der Waals surface area contributed by atoms with Crippen LogP contribution in [0.3, 0.4) is 0 Å². The van der Waals surface area contributed by atoms with Crippen LogP contribution in [0.15, 0.2) is 24.3 Å². The zero-order chi connectivity index (χ0) is 12.8. The van der Waals surface area contributed by atoms with E-state index in [1.807, 2.05) is 25.0 Å². The van der Waals surface area contributed by atoms with Gasteiger partial charge in [0, 0.05) is 17.4 Å². The number of carbonyl (C=O) groups excluding carboxylic acids is 1. The van der Waals surface area contributed by atoms with Gasteiger partial charge in [0.15, 0.2) is 5.78 Å². The lowest BCUT2D eigenvalue weighted by Gasteiger charge is -2.40. The lowest BCUT2D eigenvalue weighted by atomic mass is 9.70. The molecule has 94 valence electrons. The first kappa shape index (κ1) is 11.9. The predicted molar refractivity (Wildman–Crippen MR) is 71.7 cm³/mol. The number of Topliss-reactive ketones (excluding diaryl/α,β-unsaturated/α-hetero) is 1. The number of ketones is 1. The average molecular weight is 243 g/mol. The summed E-state index contributed by atoms with van der Waals surface area (Å²) in [5.41, 5.74) is 2.20. The summed E-state index contributed by atoms with van der Waals surface area (Å²) in [6.07, 6.45) is 2.60. The Hall–Kier alpha value is -1.13. The van der Waals surface area contributed by atoms with Crippen LogP contribution in [0.4, 0.5) is 0 Å². The third kappa shape index (κ3) is 1.71. The standard InChI is InChI=1S/C14H18BNO2/c1-15(18)16-8-6-14(7-9-16)10-13(17)11-4-2-3-5-12(11)14/h2-5,18H,6-10H2,1H3. The van der Waals surface area contributed by atoms with Crippen LogP contribution in [-0.2, 0) is 5.41 Å². The van der Waals surface area contributed by atoms with Crippen molar-refractivity contribution >= 4 is 12.8 Å². The van der Waals surface area contributed by atoms with Gasteiger partial charge in [0.1, 0.15) is 0 Å². The van der Waals surface area contributed by atoms with E-state index in [-0.39, 0.29) is 18.2 Å². The van der Waals surface area contributed by atoms with E-state index in [0.717, 1.165) is 31.5 Å². The highest BCUT2D eigenvalue weighted by atomic mass is 16.2. The van der Waals surface area contributed by atoms with Gasteiger partial charge in [-0.1, -0.05) is 24.3 Å². The molecule has 0 aromatic heterocycles. The Labute approximate surface area is 108 Å². The van der Waals surface area contributed by atoms with Crippen molar-refractivity contribution in [2.75, 3.05) is 13.1 Å². The second-order valence-electron chi connectivity index (χ2n) is 5.59. The third-order valence-electron chi connectivity index (χ3n) is 4.58. The Morgan fingerprint density at radius 3 is 2.61 bits per heavy atom. The normalized spacial score (nSPS) is 22.2. The summed E-state index contributed by atoms with van der Waals surface area (Å²) in [7, 11) is -0.380. The van der Waals surface area contributed by atoms with E-state index >= 15 is 0 Å². The molecule has 18 heavy (non-hydrogen) atoms. The highest BCUT2D eigenvalue weighted by Crippen LogP contribution is 2.45. The quantitative estimate of drug-likeness (QED) is 0.763. The number of piperidine rings is 1. The highest BCUT2D eigenvalue weighted by Gasteiger charge is 2.45. The first-order valence-corrected chi connectivity index (χ1v) is 6.67. The first-order valence-electron chi connectivity index (χ1n) is 6.67. The van der Waals surface area contributed by atoms with E-state index in [9.17, 15) is 9.82 Å². The van der Waals surface area contributed by atoms with E-state index in [1.54, 1.807) is 0 Å². The molecular weight excluding hydrogens is 225 g/mol. The molecule has 0 bridgehead atoms. The fourth-order valence-electron chi connectivity index (χ4n) is 3.46. The fourth-order valence-corrected chi connectivity index (χ4v) is 3.46. The molecule has 1 N–H and O–H groups in total. The molecule has 1 aliphatic heterocycles. The highest BCUT2D eigenvalue weighted by molar-refractivity contribution is 6.45. The first-order chi connectivity index (χ1) is 8.62. The molecule has 1 aliphatic carbocycles. The van der Waals surface area contributed by atoms with Gasteiger partial charge in [0.25, 0.3) is 0 Å². The van der Waals surface area contributed by atoms with Crippen LogP contribution in [0.5, 0.6) is 0 Å². The third-order valence-corrected chi connectivity index (χ3v) is 4.58. The van der Waals surface area contributed by atoms with Crippen LogP contribution >= 0.6 is 0 Å². The molecular formula is C14H18BNO2. The zero-order valence-electron chi connectivity index (χ0n) is 10.7. The van der Waals surface area contributed by atoms with Gasteiger partial charge in [-0.25, -0.2) is 0 Å². The SMILES string of the molecule is CB(O)N1CCC2(CC1)CC(=O)c1ccccc12. The number of fused-ring (bicyclic) bond motifs is 2. The summed E-state index contributed by atoms with van der Waals surface area (Å²) in [5.74, 6) is 0.288. The minimum atomic E-state index is -0.380. The molecule has 1 aromatic carbocycles. The molecule has 0 saturated carbocycles. The van der Waals surface area contributed by atoms with Gasteiger partial charge < -0.3 is 9.83 Å². The lowest BCUT2D eigenvalue weighted by molar-refractivity contribution is 0.0954. The Morgan fingerprint density at radius 2 is 1.94 bits per heavy atom. The van der Waals surface area contributed by atoms with E-state index in [2.05, 4.69) is 10.9 Å². The minimum Gasteiger partial charge on any atom is -0.437 e. The van der Waals surface area contributed by atoms with Crippen molar-refractivity contribution in [3.8, 4) is 0 Å².